The third-order valence-electron chi connectivity index (χ3n) is 6.35. The normalized spacial score (nSPS) is 19.5. The summed E-state index contributed by atoms with van der Waals surface area (Å²) in [6.07, 6.45) is 2.09. The van der Waals surface area contributed by atoms with E-state index in [-0.39, 0.29) is 17.0 Å². The van der Waals surface area contributed by atoms with Crippen molar-refractivity contribution in [2.75, 3.05) is 5.32 Å². The number of aliphatic hydroxyl groups is 1. The Labute approximate surface area is 210 Å². The van der Waals surface area contributed by atoms with E-state index in [1.54, 1.807) is 12.1 Å². The van der Waals surface area contributed by atoms with Crippen molar-refractivity contribution in [2.45, 2.75) is 55.3 Å². The SMILES string of the molecule is C[C@H](NS(=O)(=O)c1ccc(F)cc1)C(=O)Nc1ccc(C[C@@H]2CC[C@H](C(O)c3ccccc3)N2)cc1. The minimum atomic E-state index is -3.96. The highest BCUT2D eigenvalue weighted by atomic mass is 32.2. The molecule has 1 aliphatic heterocycles. The molecular weight excluding hydrogens is 481 g/mol. The Hall–Kier alpha value is -3.11. The van der Waals surface area contributed by atoms with Crippen LogP contribution in [0.3, 0.4) is 0 Å². The van der Waals surface area contributed by atoms with Gasteiger partial charge in [-0.2, -0.15) is 4.72 Å². The van der Waals surface area contributed by atoms with Gasteiger partial charge < -0.3 is 15.7 Å². The van der Waals surface area contributed by atoms with Crippen LogP contribution in [-0.4, -0.2) is 37.6 Å². The molecule has 0 saturated carbocycles. The number of anilines is 1. The molecule has 0 aliphatic carbocycles. The largest absolute Gasteiger partial charge is 0.387 e. The van der Waals surface area contributed by atoms with Crippen LogP contribution in [0.15, 0.2) is 83.8 Å². The van der Waals surface area contributed by atoms with Gasteiger partial charge in [0.05, 0.1) is 17.0 Å². The number of hydrogen-bond donors (Lipinski definition) is 4. The van der Waals surface area contributed by atoms with E-state index >= 15 is 0 Å². The Bertz CT molecular complexity index is 1270. The summed E-state index contributed by atoms with van der Waals surface area (Å²) >= 11 is 0. The van der Waals surface area contributed by atoms with Gasteiger partial charge in [-0.25, -0.2) is 12.8 Å². The van der Waals surface area contributed by atoms with Gasteiger partial charge in [-0.3, -0.25) is 4.79 Å². The minimum absolute atomic E-state index is 0.0103. The fourth-order valence-electron chi connectivity index (χ4n) is 4.37. The van der Waals surface area contributed by atoms with Gasteiger partial charge >= 0.3 is 0 Å². The predicted molar refractivity (Wildman–Crippen MR) is 136 cm³/mol. The van der Waals surface area contributed by atoms with Crippen LogP contribution in [0, 0.1) is 5.82 Å². The molecule has 0 radical (unpaired) electrons. The molecule has 1 saturated heterocycles. The van der Waals surface area contributed by atoms with E-state index in [0.717, 1.165) is 54.7 Å². The Morgan fingerprint density at radius 2 is 1.69 bits per heavy atom. The van der Waals surface area contributed by atoms with Gasteiger partial charge in [-0.15, -0.1) is 0 Å². The maximum absolute atomic E-state index is 13.1. The molecule has 3 aromatic rings. The highest BCUT2D eigenvalue weighted by Crippen LogP contribution is 2.27. The number of aliphatic hydroxyl groups excluding tert-OH is 1. The summed E-state index contributed by atoms with van der Waals surface area (Å²) < 4.78 is 40.2. The number of hydrogen-bond acceptors (Lipinski definition) is 5. The maximum atomic E-state index is 13.1. The third-order valence-corrected chi connectivity index (χ3v) is 7.91. The molecule has 0 aromatic heterocycles. The lowest BCUT2D eigenvalue weighted by atomic mass is 10.0. The molecule has 1 aliphatic rings. The number of benzene rings is 3. The Balaban J connectivity index is 1.28. The molecule has 4 atom stereocenters. The van der Waals surface area contributed by atoms with Crippen molar-refractivity contribution in [3.63, 3.8) is 0 Å². The monoisotopic (exact) mass is 511 g/mol. The summed E-state index contributed by atoms with van der Waals surface area (Å²) in [7, 11) is -3.96. The van der Waals surface area contributed by atoms with Crippen LogP contribution in [0.5, 0.6) is 0 Å². The van der Waals surface area contributed by atoms with Crippen molar-refractivity contribution < 1.29 is 22.7 Å². The van der Waals surface area contributed by atoms with Gasteiger partial charge in [0.2, 0.25) is 15.9 Å². The molecule has 0 bridgehead atoms. The number of carbonyl (C=O) groups is 1. The van der Waals surface area contributed by atoms with Crippen molar-refractivity contribution in [2.24, 2.45) is 0 Å². The second-order valence-electron chi connectivity index (χ2n) is 9.09. The van der Waals surface area contributed by atoms with Gasteiger partial charge in [0.15, 0.2) is 0 Å². The zero-order chi connectivity index (χ0) is 25.7. The third kappa shape index (κ3) is 6.55. The van der Waals surface area contributed by atoms with Gasteiger partial charge in [0, 0.05) is 17.8 Å². The molecule has 0 spiro atoms. The van der Waals surface area contributed by atoms with Crippen LogP contribution in [-0.2, 0) is 21.2 Å². The van der Waals surface area contributed by atoms with Crippen LogP contribution in [0.1, 0.15) is 37.0 Å². The lowest BCUT2D eigenvalue weighted by Crippen LogP contribution is -2.41. The smallest absolute Gasteiger partial charge is 0.242 e. The first-order valence-electron chi connectivity index (χ1n) is 11.9. The molecular formula is C27H30FN3O4S. The number of amides is 1. The minimum Gasteiger partial charge on any atom is -0.387 e. The summed E-state index contributed by atoms with van der Waals surface area (Å²) in [5, 5.41) is 16.9. The van der Waals surface area contributed by atoms with Crippen LogP contribution in [0.25, 0.3) is 0 Å². The molecule has 3 aromatic carbocycles. The topological polar surface area (TPSA) is 108 Å². The molecule has 1 amide bonds. The lowest BCUT2D eigenvalue weighted by molar-refractivity contribution is -0.117. The quantitative estimate of drug-likeness (QED) is 0.352. The van der Waals surface area contributed by atoms with Crippen molar-refractivity contribution in [3.05, 3.63) is 95.8 Å². The van der Waals surface area contributed by atoms with Crippen molar-refractivity contribution >= 4 is 21.6 Å². The van der Waals surface area contributed by atoms with Gasteiger partial charge in [0.25, 0.3) is 0 Å². The van der Waals surface area contributed by atoms with E-state index in [1.165, 1.54) is 6.92 Å². The zero-order valence-electron chi connectivity index (χ0n) is 19.9. The average Bonchev–Trinajstić information content (AvgIpc) is 3.33. The summed E-state index contributed by atoms with van der Waals surface area (Å²) in [5.41, 5.74) is 2.55. The van der Waals surface area contributed by atoms with Crippen molar-refractivity contribution in [3.8, 4) is 0 Å². The first kappa shape index (κ1) is 26.0. The summed E-state index contributed by atoms with van der Waals surface area (Å²) in [5.74, 6) is -1.06. The molecule has 36 heavy (non-hydrogen) atoms. The number of halogens is 1. The van der Waals surface area contributed by atoms with Crippen molar-refractivity contribution in [1.29, 1.82) is 0 Å². The fraction of sp³-hybridized carbons (Fsp3) is 0.296. The van der Waals surface area contributed by atoms with Crippen LogP contribution in [0.2, 0.25) is 0 Å². The molecule has 190 valence electrons. The second kappa shape index (κ2) is 11.3. The van der Waals surface area contributed by atoms with Gasteiger partial charge in [0.1, 0.15) is 5.82 Å². The van der Waals surface area contributed by atoms with E-state index in [1.807, 2.05) is 42.5 Å². The molecule has 9 heteroatoms. The van der Waals surface area contributed by atoms with Gasteiger partial charge in [-0.05, 0) is 73.7 Å². The molecule has 1 heterocycles. The number of nitrogens with one attached hydrogen (secondary N) is 3. The first-order valence-corrected chi connectivity index (χ1v) is 13.4. The standard InChI is InChI=1S/C27H30FN3O4S/c1-18(31-36(34,35)24-14-9-21(28)10-15-24)27(33)30-22-11-7-19(8-12-22)17-23-13-16-25(29-23)26(32)20-5-3-2-4-6-20/h2-12,14-15,18,23,25-26,29,31-32H,13,16-17H2,1H3,(H,30,33)/t18-,23-,25+,26?/m0/s1. The van der Waals surface area contributed by atoms with Crippen LogP contribution < -0.4 is 15.4 Å². The van der Waals surface area contributed by atoms with Gasteiger partial charge in [-0.1, -0.05) is 42.5 Å². The predicted octanol–water partition coefficient (Wildman–Crippen LogP) is 3.53. The second-order valence-corrected chi connectivity index (χ2v) is 10.8. The molecule has 4 N–H and O–H groups in total. The van der Waals surface area contributed by atoms with E-state index in [4.69, 9.17) is 0 Å². The Morgan fingerprint density at radius 1 is 1.03 bits per heavy atom. The summed E-state index contributed by atoms with van der Waals surface area (Å²) in [6.45, 7) is 1.44. The Morgan fingerprint density at radius 3 is 2.36 bits per heavy atom. The fourth-order valence-corrected chi connectivity index (χ4v) is 5.57. The zero-order valence-corrected chi connectivity index (χ0v) is 20.7. The van der Waals surface area contributed by atoms with Crippen molar-refractivity contribution in [1.82, 2.24) is 10.0 Å². The van der Waals surface area contributed by atoms with Crippen LogP contribution >= 0.6 is 0 Å². The Kier molecular flexibility index (Phi) is 8.15. The van der Waals surface area contributed by atoms with E-state index in [0.29, 0.717) is 5.69 Å². The number of rotatable bonds is 9. The highest BCUT2D eigenvalue weighted by molar-refractivity contribution is 7.89. The van der Waals surface area contributed by atoms with E-state index < -0.39 is 33.9 Å². The summed E-state index contributed by atoms with van der Waals surface area (Å²) in [4.78, 5) is 12.4. The molecule has 1 fully saturated rings. The summed E-state index contributed by atoms with van der Waals surface area (Å²) in [6, 6.07) is 20.6. The molecule has 4 rings (SSSR count). The molecule has 7 nitrogen and oxygen atoms in total. The first-order chi connectivity index (χ1) is 17.2. The maximum Gasteiger partial charge on any atom is 0.242 e. The van der Waals surface area contributed by atoms with E-state index in [2.05, 4.69) is 15.4 Å². The van der Waals surface area contributed by atoms with Crippen LogP contribution in [0.4, 0.5) is 10.1 Å². The number of carbonyl (C=O) groups excluding carboxylic acids is 1. The number of sulfonamides is 1. The lowest BCUT2D eigenvalue weighted by Gasteiger charge is -2.20. The molecule has 1 unspecified atom stereocenters. The average molecular weight is 512 g/mol. The highest BCUT2D eigenvalue weighted by Gasteiger charge is 2.30. The van der Waals surface area contributed by atoms with E-state index in [9.17, 15) is 22.7 Å².